The minimum Gasteiger partial charge on any atom is -0.375 e. The SMILES string of the molecule is C1CCC(OCCOC2CC(OCC3CO3)CCC2OCC2CO2)OC1. The zero-order valence-corrected chi connectivity index (χ0v) is 15.5. The minimum absolute atomic E-state index is 0.0449. The first-order valence-electron chi connectivity index (χ1n) is 10.2. The molecule has 3 aliphatic heterocycles. The van der Waals surface area contributed by atoms with Crippen molar-refractivity contribution in [3.05, 3.63) is 0 Å². The van der Waals surface area contributed by atoms with Gasteiger partial charge < -0.3 is 33.2 Å². The lowest BCUT2D eigenvalue weighted by Gasteiger charge is -2.35. The third kappa shape index (κ3) is 6.41. The normalized spacial score (nSPS) is 39.7. The molecule has 150 valence electrons. The molecule has 0 aromatic rings. The lowest BCUT2D eigenvalue weighted by Crippen LogP contribution is -2.42. The Bertz CT molecular complexity index is 407. The maximum Gasteiger partial charge on any atom is 0.157 e. The van der Waals surface area contributed by atoms with Gasteiger partial charge in [-0.3, -0.25) is 0 Å². The van der Waals surface area contributed by atoms with Crippen LogP contribution in [-0.2, 0) is 33.2 Å². The lowest BCUT2D eigenvalue weighted by atomic mass is 9.92. The average molecular weight is 372 g/mol. The van der Waals surface area contributed by atoms with E-state index in [0.717, 1.165) is 51.9 Å². The van der Waals surface area contributed by atoms with Crippen LogP contribution in [0.2, 0.25) is 0 Å². The molecule has 7 nitrogen and oxygen atoms in total. The van der Waals surface area contributed by atoms with E-state index in [0.29, 0.717) is 32.5 Å². The van der Waals surface area contributed by atoms with E-state index >= 15 is 0 Å². The summed E-state index contributed by atoms with van der Waals surface area (Å²) in [5.41, 5.74) is 0. The molecule has 4 rings (SSSR count). The smallest absolute Gasteiger partial charge is 0.157 e. The highest BCUT2D eigenvalue weighted by molar-refractivity contribution is 4.84. The van der Waals surface area contributed by atoms with Crippen molar-refractivity contribution in [3.8, 4) is 0 Å². The van der Waals surface area contributed by atoms with E-state index in [-0.39, 0.29) is 30.7 Å². The summed E-state index contributed by atoms with van der Waals surface area (Å²) in [6.45, 7) is 4.93. The molecule has 1 aliphatic carbocycles. The highest BCUT2D eigenvalue weighted by Crippen LogP contribution is 2.28. The van der Waals surface area contributed by atoms with Gasteiger partial charge in [0.15, 0.2) is 6.29 Å². The fourth-order valence-electron chi connectivity index (χ4n) is 3.61. The zero-order chi connectivity index (χ0) is 17.6. The van der Waals surface area contributed by atoms with Gasteiger partial charge in [0, 0.05) is 13.0 Å². The Morgan fingerprint density at radius 2 is 1.46 bits per heavy atom. The Labute approximate surface area is 155 Å². The molecule has 3 heterocycles. The lowest BCUT2D eigenvalue weighted by molar-refractivity contribution is -0.181. The molecule has 0 aromatic heterocycles. The summed E-state index contributed by atoms with van der Waals surface area (Å²) in [6.07, 6.45) is 7.03. The summed E-state index contributed by atoms with van der Waals surface area (Å²) in [6, 6.07) is 0. The van der Waals surface area contributed by atoms with Crippen molar-refractivity contribution in [1.82, 2.24) is 0 Å². The van der Waals surface area contributed by atoms with Gasteiger partial charge in [0.25, 0.3) is 0 Å². The molecule has 26 heavy (non-hydrogen) atoms. The summed E-state index contributed by atoms with van der Waals surface area (Å²) in [5.74, 6) is 0. The Hall–Kier alpha value is -0.280. The maximum absolute atomic E-state index is 6.13. The molecule has 6 atom stereocenters. The molecule has 0 aromatic carbocycles. The molecule has 0 spiro atoms. The molecule has 4 fully saturated rings. The van der Waals surface area contributed by atoms with Crippen molar-refractivity contribution in [3.63, 3.8) is 0 Å². The second kappa shape index (κ2) is 9.78. The van der Waals surface area contributed by atoms with Crippen LogP contribution in [0.3, 0.4) is 0 Å². The van der Waals surface area contributed by atoms with Crippen molar-refractivity contribution in [1.29, 1.82) is 0 Å². The Kier molecular flexibility index (Phi) is 7.16. The number of hydrogen-bond donors (Lipinski definition) is 0. The van der Waals surface area contributed by atoms with Crippen molar-refractivity contribution >= 4 is 0 Å². The zero-order valence-electron chi connectivity index (χ0n) is 15.5. The molecular formula is C19H32O7. The third-order valence-corrected chi connectivity index (χ3v) is 5.36. The van der Waals surface area contributed by atoms with E-state index in [2.05, 4.69) is 0 Å². The van der Waals surface area contributed by atoms with Crippen LogP contribution in [0.15, 0.2) is 0 Å². The van der Waals surface area contributed by atoms with Crippen LogP contribution >= 0.6 is 0 Å². The van der Waals surface area contributed by atoms with Gasteiger partial charge in [-0.05, 0) is 32.1 Å². The molecule has 0 amide bonds. The van der Waals surface area contributed by atoms with E-state index in [1.807, 2.05) is 0 Å². The third-order valence-electron chi connectivity index (χ3n) is 5.36. The molecule has 7 heteroatoms. The molecule has 3 saturated heterocycles. The Morgan fingerprint density at radius 1 is 0.692 bits per heavy atom. The molecule has 1 saturated carbocycles. The summed E-state index contributed by atoms with van der Waals surface area (Å²) < 4.78 is 40.0. The van der Waals surface area contributed by atoms with Crippen LogP contribution < -0.4 is 0 Å². The fraction of sp³-hybridized carbons (Fsp3) is 1.00. The van der Waals surface area contributed by atoms with Gasteiger partial charge in [0.1, 0.15) is 12.2 Å². The van der Waals surface area contributed by atoms with Crippen LogP contribution in [0.4, 0.5) is 0 Å². The van der Waals surface area contributed by atoms with Gasteiger partial charge in [0.2, 0.25) is 0 Å². The monoisotopic (exact) mass is 372 g/mol. The number of epoxide rings is 2. The van der Waals surface area contributed by atoms with Crippen LogP contribution in [0.25, 0.3) is 0 Å². The fourth-order valence-corrected chi connectivity index (χ4v) is 3.61. The number of ether oxygens (including phenoxy) is 7. The van der Waals surface area contributed by atoms with E-state index in [1.54, 1.807) is 0 Å². The minimum atomic E-state index is -0.0626. The number of rotatable bonds is 11. The summed E-state index contributed by atoms with van der Waals surface area (Å²) in [4.78, 5) is 0. The van der Waals surface area contributed by atoms with Crippen LogP contribution in [0.1, 0.15) is 38.5 Å². The molecule has 6 unspecified atom stereocenters. The molecule has 0 bridgehead atoms. The summed E-state index contributed by atoms with van der Waals surface area (Å²) in [5, 5.41) is 0. The first-order valence-corrected chi connectivity index (χ1v) is 10.2. The highest BCUT2D eigenvalue weighted by Gasteiger charge is 2.35. The second-order valence-corrected chi connectivity index (χ2v) is 7.63. The first-order chi connectivity index (χ1) is 12.9. The molecule has 0 radical (unpaired) electrons. The van der Waals surface area contributed by atoms with Gasteiger partial charge in [-0.2, -0.15) is 0 Å². The van der Waals surface area contributed by atoms with E-state index < -0.39 is 0 Å². The van der Waals surface area contributed by atoms with Crippen molar-refractivity contribution in [2.24, 2.45) is 0 Å². The maximum atomic E-state index is 6.13. The van der Waals surface area contributed by atoms with Crippen LogP contribution in [0, 0.1) is 0 Å². The Balaban J connectivity index is 1.17. The van der Waals surface area contributed by atoms with Gasteiger partial charge >= 0.3 is 0 Å². The molecular weight excluding hydrogens is 340 g/mol. The van der Waals surface area contributed by atoms with Crippen LogP contribution in [0.5, 0.6) is 0 Å². The van der Waals surface area contributed by atoms with Crippen molar-refractivity contribution in [2.75, 3.05) is 46.2 Å². The van der Waals surface area contributed by atoms with Crippen LogP contribution in [-0.4, -0.2) is 83.1 Å². The summed E-state index contributed by atoms with van der Waals surface area (Å²) in [7, 11) is 0. The predicted octanol–water partition coefficient (Wildman–Crippen LogP) is 1.67. The number of hydrogen-bond acceptors (Lipinski definition) is 7. The topological polar surface area (TPSA) is 71.2 Å². The highest BCUT2D eigenvalue weighted by atomic mass is 16.7. The molecule has 4 aliphatic rings. The van der Waals surface area contributed by atoms with Gasteiger partial charge in [-0.1, -0.05) is 0 Å². The van der Waals surface area contributed by atoms with Gasteiger partial charge in [0.05, 0.1) is 58.0 Å². The quantitative estimate of drug-likeness (QED) is 0.403. The van der Waals surface area contributed by atoms with Gasteiger partial charge in [-0.15, -0.1) is 0 Å². The van der Waals surface area contributed by atoms with Crippen molar-refractivity contribution < 1.29 is 33.2 Å². The second-order valence-electron chi connectivity index (χ2n) is 7.63. The van der Waals surface area contributed by atoms with E-state index in [9.17, 15) is 0 Å². The van der Waals surface area contributed by atoms with E-state index in [1.165, 1.54) is 6.42 Å². The largest absolute Gasteiger partial charge is 0.375 e. The molecule has 0 N–H and O–H groups in total. The Morgan fingerprint density at radius 3 is 2.19 bits per heavy atom. The average Bonchev–Trinajstić information content (AvgIpc) is 3.58. The predicted molar refractivity (Wildman–Crippen MR) is 92.1 cm³/mol. The van der Waals surface area contributed by atoms with Gasteiger partial charge in [-0.25, -0.2) is 0 Å². The standard InChI is InChI=1S/C19H32O7/c1-2-6-21-19(3-1)22-8-7-20-18-9-14(23-10-15-11-24-15)4-5-17(18)26-13-16-12-25-16/h14-19H,1-13H2. The summed E-state index contributed by atoms with van der Waals surface area (Å²) >= 11 is 0. The first kappa shape index (κ1) is 19.1. The van der Waals surface area contributed by atoms with E-state index in [4.69, 9.17) is 33.2 Å². The van der Waals surface area contributed by atoms with Crippen molar-refractivity contribution in [2.45, 2.75) is 75.3 Å².